The lowest BCUT2D eigenvalue weighted by Crippen LogP contribution is -2.52. The Labute approximate surface area is 135 Å². The summed E-state index contributed by atoms with van der Waals surface area (Å²) in [6, 6.07) is 4.33. The van der Waals surface area contributed by atoms with Gasteiger partial charge in [0.15, 0.2) is 0 Å². The molecule has 0 saturated heterocycles. The number of carbonyl (C=O) groups excluding carboxylic acids is 1. The number of nitro groups is 1. The van der Waals surface area contributed by atoms with Crippen molar-refractivity contribution >= 4 is 11.6 Å². The molecular weight excluding hydrogens is 298 g/mol. The molecule has 23 heavy (non-hydrogen) atoms. The molecule has 0 heterocycles. The Morgan fingerprint density at radius 2 is 2.26 bits per heavy atom. The SMILES string of the molecule is COc1ccc([N+](=O)[O-])cc1CNC(=O)C1CCCCC1(C)N. The van der Waals surface area contributed by atoms with Gasteiger partial charge in [-0.05, 0) is 25.8 Å². The summed E-state index contributed by atoms with van der Waals surface area (Å²) < 4.78 is 5.20. The zero-order chi connectivity index (χ0) is 17.0. The Morgan fingerprint density at radius 1 is 1.52 bits per heavy atom. The minimum atomic E-state index is -0.505. The highest BCUT2D eigenvalue weighted by Crippen LogP contribution is 2.32. The molecule has 1 fully saturated rings. The van der Waals surface area contributed by atoms with Gasteiger partial charge in [-0.25, -0.2) is 0 Å². The number of hydrogen-bond acceptors (Lipinski definition) is 5. The predicted octanol–water partition coefficient (Wildman–Crippen LogP) is 2.13. The molecule has 1 aliphatic carbocycles. The van der Waals surface area contributed by atoms with E-state index in [1.165, 1.54) is 25.3 Å². The average molecular weight is 321 g/mol. The number of nitrogens with two attached hydrogens (primary N) is 1. The number of rotatable bonds is 5. The van der Waals surface area contributed by atoms with Gasteiger partial charge < -0.3 is 15.8 Å². The Kier molecular flexibility index (Phi) is 5.20. The van der Waals surface area contributed by atoms with Crippen LogP contribution in [0.4, 0.5) is 5.69 Å². The molecule has 7 heteroatoms. The van der Waals surface area contributed by atoms with Crippen LogP contribution in [-0.2, 0) is 11.3 Å². The van der Waals surface area contributed by atoms with Crippen LogP contribution >= 0.6 is 0 Å². The van der Waals surface area contributed by atoms with Gasteiger partial charge in [0.05, 0.1) is 18.0 Å². The monoisotopic (exact) mass is 321 g/mol. The number of hydrogen-bond donors (Lipinski definition) is 2. The summed E-state index contributed by atoms with van der Waals surface area (Å²) in [5.41, 5.74) is 6.27. The lowest BCUT2D eigenvalue weighted by atomic mass is 9.74. The maximum absolute atomic E-state index is 12.4. The van der Waals surface area contributed by atoms with Crippen LogP contribution in [0.3, 0.4) is 0 Å². The van der Waals surface area contributed by atoms with Crippen LogP contribution in [0.25, 0.3) is 0 Å². The standard InChI is InChI=1S/C16H23N3O4/c1-16(17)8-4-3-5-13(16)15(20)18-10-11-9-12(19(21)22)6-7-14(11)23-2/h6-7,9,13H,3-5,8,10,17H2,1-2H3,(H,18,20). The van der Waals surface area contributed by atoms with E-state index in [0.29, 0.717) is 11.3 Å². The van der Waals surface area contributed by atoms with Gasteiger partial charge >= 0.3 is 0 Å². The molecule has 1 saturated carbocycles. The van der Waals surface area contributed by atoms with Crippen molar-refractivity contribution in [2.24, 2.45) is 11.7 Å². The van der Waals surface area contributed by atoms with Crippen molar-refractivity contribution in [3.05, 3.63) is 33.9 Å². The van der Waals surface area contributed by atoms with Crippen LogP contribution in [-0.4, -0.2) is 23.5 Å². The number of non-ortho nitro benzene ring substituents is 1. The summed E-state index contributed by atoms with van der Waals surface area (Å²) in [4.78, 5) is 22.9. The van der Waals surface area contributed by atoms with Crippen LogP contribution in [0.1, 0.15) is 38.2 Å². The van der Waals surface area contributed by atoms with E-state index in [-0.39, 0.29) is 24.1 Å². The number of ether oxygens (including phenoxy) is 1. The highest BCUT2D eigenvalue weighted by atomic mass is 16.6. The molecule has 7 nitrogen and oxygen atoms in total. The van der Waals surface area contributed by atoms with Gasteiger partial charge in [0.25, 0.3) is 5.69 Å². The molecule has 0 aliphatic heterocycles. The number of carbonyl (C=O) groups is 1. The highest BCUT2D eigenvalue weighted by molar-refractivity contribution is 5.80. The normalized spacial score (nSPS) is 24.0. The van der Waals surface area contributed by atoms with E-state index >= 15 is 0 Å². The third-order valence-corrected chi connectivity index (χ3v) is 4.50. The first-order valence-corrected chi connectivity index (χ1v) is 7.73. The van der Waals surface area contributed by atoms with Crippen molar-refractivity contribution < 1.29 is 14.5 Å². The molecule has 1 aromatic rings. The zero-order valence-electron chi connectivity index (χ0n) is 13.5. The molecular formula is C16H23N3O4. The van der Waals surface area contributed by atoms with E-state index in [1.807, 2.05) is 6.92 Å². The second-order valence-electron chi connectivity index (χ2n) is 6.28. The minimum absolute atomic E-state index is 0.0311. The van der Waals surface area contributed by atoms with Gasteiger partial charge in [-0.15, -0.1) is 0 Å². The first kappa shape index (κ1) is 17.2. The quantitative estimate of drug-likeness (QED) is 0.638. The molecule has 3 N–H and O–H groups in total. The van der Waals surface area contributed by atoms with Crippen LogP contribution in [0.5, 0.6) is 5.75 Å². The second kappa shape index (κ2) is 6.95. The fourth-order valence-corrected chi connectivity index (χ4v) is 3.11. The second-order valence-corrected chi connectivity index (χ2v) is 6.28. The summed E-state index contributed by atoms with van der Waals surface area (Å²) in [5.74, 6) is 0.166. The lowest BCUT2D eigenvalue weighted by Gasteiger charge is -2.37. The molecule has 2 atom stereocenters. The maximum Gasteiger partial charge on any atom is 0.270 e. The summed E-state index contributed by atoms with van der Waals surface area (Å²) in [5, 5.41) is 13.7. The predicted molar refractivity (Wildman–Crippen MR) is 86.0 cm³/mol. The van der Waals surface area contributed by atoms with Crippen molar-refractivity contribution in [1.29, 1.82) is 0 Å². The van der Waals surface area contributed by atoms with Crippen molar-refractivity contribution in [3.63, 3.8) is 0 Å². The molecule has 1 amide bonds. The molecule has 0 spiro atoms. The van der Waals surface area contributed by atoms with Crippen molar-refractivity contribution in [2.75, 3.05) is 7.11 Å². The van der Waals surface area contributed by atoms with Crippen molar-refractivity contribution in [1.82, 2.24) is 5.32 Å². The Balaban J connectivity index is 2.09. The fraction of sp³-hybridized carbons (Fsp3) is 0.562. The Morgan fingerprint density at radius 3 is 2.87 bits per heavy atom. The molecule has 1 aromatic carbocycles. The number of nitro benzene ring substituents is 1. The van der Waals surface area contributed by atoms with E-state index < -0.39 is 10.5 Å². The summed E-state index contributed by atoms with van der Waals surface area (Å²) >= 11 is 0. The molecule has 126 valence electrons. The number of nitrogens with one attached hydrogen (secondary N) is 1. The minimum Gasteiger partial charge on any atom is -0.496 e. The largest absolute Gasteiger partial charge is 0.496 e. The zero-order valence-corrected chi connectivity index (χ0v) is 13.5. The lowest BCUT2D eigenvalue weighted by molar-refractivity contribution is -0.384. The number of amides is 1. The Hall–Kier alpha value is -2.15. The fourth-order valence-electron chi connectivity index (χ4n) is 3.11. The Bertz CT molecular complexity index is 601. The van der Waals surface area contributed by atoms with Gasteiger partial charge in [0, 0.05) is 29.8 Å². The first-order chi connectivity index (χ1) is 10.8. The van der Waals surface area contributed by atoms with Crippen LogP contribution < -0.4 is 15.8 Å². The van der Waals surface area contributed by atoms with Crippen LogP contribution in [0, 0.1) is 16.0 Å². The van der Waals surface area contributed by atoms with Crippen molar-refractivity contribution in [3.8, 4) is 5.75 Å². The molecule has 0 bridgehead atoms. The molecule has 2 rings (SSSR count). The van der Waals surface area contributed by atoms with Gasteiger partial charge in [-0.1, -0.05) is 12.8 Å². The van der Waals surface area contributed by atoms with Gasteiger partial charge in [0.1, 0.15) is 5.75 Å². The van der Waals surface area contributed by atoms with Gasteiger partial charge in [0.2, 0.25) is 5.91 Å². The smallest absolute Gasteiger partial charge is 0.270 e. The highest BCUT2D eigenvalue weighted by Gasteiger charge is 2.37. The third kappa shape index (κ3) is 3.98. The topological polar surface area (TPSA) is 107 Å². The van der Waals surface area contributed by atoms with E-state index in [4.69, 9.17) is 10.5 Å². The first-order valence-electron chi connectivity index (χ1n) is 7.73. The molecule has 2 unspecified atom stereocenters. The summed E-state index contributed by atoms with van der Waals surface area (Å²) in [6.07, 6.45) is 3.62. The average Bonchev–Trinajstić information content (AvgIpc) is 2.51. The van der Waals surface area contributed by atoms with Crippen LogP contribution in [0.2, 0.25) is 0 Å². The molecule has 1 aliphatic rings. The third-order valence-electron chi connectivity index (χ3n) is 4.50. The number of nitrogens with zero attached hydrogens (tertiary/aromatic N) is 1. The van der Waals surface area contributed by atoms with Gasteiger partial charge in [-0.3, -0.25) is 14.9 Å². The summed E-state index contributed by atoms with van der Waals surface area (Å²) in [6.45, 7) is 2.08. The summed E-state index contributed by atoms with van der Waals surface area (Å²) in [7, 11) is 1.49. The molecule has 0 radical (unpaired) electrons. The number of methoxy groups -OCH3 is 1. The van der Waals surface area contributed by atoms with E-state index in [1.54, 1.807) is 0 Å². The van der Waals surface area contributed by atoms with Crippen molar-refractivity contribution in [2.45, 2.75) is 44.7 Å². The van der Waals surface area contributed by atoms with E-state index in [9.17, 15) is 14.9 Å². The number of benzene rings is 1. The van der Waals surface area contributed by atoms with E-state index in [0.717, 1.165) is 25.7 Å². The molecule has 0 aromatic heterocycles. The van der Waals surface area contributed by atoms with Gasteiger partial charge in [-0.2, -0.15) is 0 Å². The van der Waals surface area contributed by atoms with Crippen LogP contribution in [0.15, 0.2) is 18.2 Å². The maximum atomic E-state index is 12.4. The van der Waals surface area contributed by atoms with E-state index in [2.05, 4.69) is 5.32 Å².